The summed E-state index contributed by atoms with van der Waals surface area (Å²) in [5.74, 6) is 1.70. The number of hydrogen-bond donors (Lipinski definition) is 2. The Hall–Kier alpha value is -3.81. The molecular formula is C23H25N6O2+. The Balaban J connectivity index is 1.39. The molecule has 158 valence electrons. The number of rotatable bonds is 6. The van der Waals surface area contributed by atoms with Crippen LogP contribution in [0, 0.1) is 0 Å². The number of benzene rings is 1. The molecular weight excluding hydrogens is 392 g/mol. The van der Waals surface area contributed by atoms with E-state index < -0.39 is 0 Å². The van der Waals surface area contributed by atoms with E-state index >= 15 is 0 Å². The van der Waals surface area contributed by atoms with Crippen molar-refractivity contribution in [2.75, 3.05) is 11.9 Å². The Labute approximate surface area is 180 Å². The minimum absolute atomic E-state index is 0.0379. The maximum atomic E-state index is 10.1. The molecule has 3 aromatic heterocycles. The molecule has 0 bridgehead atoms. The molecule has 0 saturated carbocycles. The van der Waals surface area contributed by atoms with E-state index in [1.165, 1.54) is 6.33 Å². The number of nitrogens with one attached hydrogen (secondary N) is 1. The Morgan fingerprint density at radius 2 is 1.77 bits per heavy atom. The summed E-state index contributed by atoms with van der Waals surface area (Å²) in [6, 6.07) is 11.5. The molecule has 0 aliphatic heterocycles. The average Bonchev–Trinajstić information content (AvgIpc) is 2.76. The van der Waals surface area contributed by atoms with Crippen LogP contribution in [0.3, 0.4) is 0 Å². The summed E-state index contributed by atoms with van der Waals surface area (Å²) in [5, 5.41) is 13.4. The summed E-state index contributed by atoms with van der Waals surface area (Å²) in [6.07, 6.45) is 7.11. The maximum Gasteiger partial charge on any atom is 0.422 e. The molecule has 0 unspecified atom stereocenters. The van der Waals surface area contributed by atoms with Gasteiger partial charge < -0.3 is 10.1 Å². The third-order valence-corrected chi connectivity index (χ3v) is 4.89. The first-order valence-electron chi connectivity index (χ1n) is 10.1. The van der Waals surface area contributed by atoms with Crippen LogP contribution < -0.4 is 14.8 Å². The first-order chi connectivity index (χ1) is 14.9. The van der Waals surface area contributed by atoms with Gasteiger partial charge in [-0.05, 0) is 35.1 Å². The highest BCUT2D eigenvalue weighted by molar-refractivity contribution is 5.81. The highest BCUT2D eigenvalue weighted by atomic mass is 16.6. The second-order valence-corrected chi connectivity index (χ2v) is 8.22. The Morgan fingerprint density at radius 3 is 2.55 bits per heavy atom. The molecule has 0 radical (unpaired) electrons. The Bertz CT molecular complexity index is 1180. The van der Waals surface area contributed by atoms with Gasteiger partial charge in [-0.25, -0.2) is 19.9 Å². The van der Waals surface area contributed by atoms with Gasteiger partial charge in [0.2, 0.25) is 6.20 Å². The molecule has 0 aliphatic rings. The summed E-state index contributed by atoms with van der Waals surface area (Å²) in [4.78, 5) is 16.9. The van der Waals surface area contributed by atoms with Crippen molar-refractivity contribution in [1.82, 2.24) is 19.9 Å². The quantitative estimate of drug-likeness (QED) is 0.365. The van der Waals surface area contributed by atoms with Gasteiger partial charge in [0.1, 0.15) is 17.6 Å². The van der Waals surface area contributed by atoms with Gasteiger partial charge in [-0.3, -0.25) is 5.21 Å². The molecule has 31 heavy (non-hydrogen) atoms. The van der Waals surface area contributed by atoms with Gasteiger partial charge >= 0.3 is 5.88 Å². The fraction of sp³-hybridized carbons (Fsp3) is 0.261. The van der Waals surface area contributed by atoms with E-state index in [0.717, 1.165) is 22.3 Å². The van der Waals surface area contributed by atoms with Crippen molar-refractivity contribution in [3.05, 3.63) is 72.4 Å². The van der Waals surface area contributed by atoms with Crippen molar-refractivity contribution < 1.29 is 14.7 Å². The van der Waals surface area contributed by atoms with Crippen LogP contribution in [0.2, 0.25) is 0 Å². The second kappa shape index (κ2) is 8.51. The van der Waals surface area contributed by atoms with Gasteiger partial charge in [-0.1, -0.05) is 32.9 Å². The Morgan fingerprint density at radius 1 is 1.00 bits per heavy atom. The normalized spacial score (nSPS) is 11.5. The van der Waals surface area contributed by atoms with E-state index in [1.54, 1.807) is 18.6 Å². The largest absolute Gasteiger partial charge is 0.422 e. The van der Waals surface area contributed by atoms with Gasteiger partial charge in [0, 0.05) is 29.7 Å². The van der Waals surface area contributed by atoms with E-state index in [4.69, 9.17) is 4.74 Å². The van der Waals surface area contributed by atoms with E-state index in [0.29, 0.717) is 35.2 Å². The Kier molecular flexibility index (Phi) is 5.62. The van der Waals surface area contributed by atoms with Crippen molar-refractivity contribution in [1.29, 1.82) is 0 Å². The molecule has 0 saturated heterocycles. The summed E-state index contributed by atoms with van der Waals surface area (Å²) in [5.41, 5.74) is 3.41. The van der Waals surface area contributed by atoms with E-state index in [9.17, 15) is 5.21 Å². The van der Waals surface area contributed by atoms with Crippen LogP contribution in [0.15, 0.2) is 61.3 Å². The number of pyridine rings is 1. The lowest BCUT2D eigenvalue weighted by molar-refractivity contribution is -0.905. The van der Waals surface area contributed by atoms with Crippen molar-refractivity contribution in [2.24, 2.45) is 0 Å². The van der Waals surface area contributed by atoms with Gasteiger partial charge in [-0.15, -0.1) is 0 Å². The smallest absolute Gasteiger partial charge is 0.402 e. The first-order valence-corrected chi connectivity index (χ1v) is 10.1. The van der Waals surface area contributed by atoms with Crippen LogP contribution in [0.25, 0.3) is 11.2 Å². The van der Waals surface area contributed by atoms with Gasteiger partial charge in [0.15, 0.2) is 11.5 Å². The molecule has 4 rings (SSSR count). The molecule has 0 spiro atoms. The zero-order chi connectivity index (χ0) is 21.8. The lowest BCUT2D eigenvalue weighted by Crippen LogP contribution is -2.32. The molecule has 8 nitrogen and oxygen atoms in total. The number of fused-ring (bicyclic) bond motifs is 1. The molecule has 3 heterocycles. The average molecular weight is 417 g/mol. The predicted octanol–water partition coefficient (Wildman–Crippen LogP) is 3.69. The van der Waals surface area contributed by atoms with E-state index in [1.807, 2.05) is 36.4 Å². The van der Waals surface area contributed by atoms with Crippen LogP contribution in [0.4, 0.5) is 5.82 Å². The highest BCUT2D eigenvalue weighted by Crippen LogP contribution is 2.26. The number of hydrogen-bond acceptors (Lipinski definition) is 7. The molecule has 0 aliphatic carbocycles. The number of nitrogens with zero attached hydrogens (tertiary/aromatic N) is 5. The standard InChI is InChI=1S/C23H25N6O2/c1-23(2,3)17-9-13-29(30)19(14-17)31-18-6-4-16(5-7-18)8-10-25-21-20-22(28-15-27-21)26-12-11-24-20/h4-7,9,11-15,30H,8,10H2,1-3H3,(H,25,26,27,28)/q+1. The number of ether oxygens (including phenoxy) is 1. The number of aromatic nitrogens is 5. The molecule has 1 aromatic carbocycles. The van der Waals surface area contributed by atoms with E-state index in [-0.39, 0.29) is 5.41 Å². The monoisotopic (exact) mass is 417 g/mol. The van der Waals surface area contributed by atoms with Crippen molar-refractivity contribution >= 4 is 17.0 Å². The minimum Gasteiger partial charge on any atom is -0.402 e. The van der Waals surface area contributed by atoms with Crippen LogP contribution in [-0.4, -0.2) is 31.7 Å². The fourth-order valence-corrected chi connectivity index (χ4v) is 3.11. The number of anilines is 1. The molecule has 0 amide bonds. The SMILES string of the molecule is CC(C)(C)c1cc[n+](O)c(Oc2ccc(CCNc3ncnc4nccnc34)cc2)c1. The third kappa shape index (κ3) is 4.85. The zero-order valence-electron chi connectivity index (χ0n) is 17.8. The molecule has 2 N–H and O–H groups in total. The van der Waals surface area contributed by atoms with E-state index in [2.05, 4.69) is 46.0 Å². The maximum absolute atomic E-state index is 10.1. The summed E-state index contributed by atoms with van der Waals surface area (Å²) in [7, 11) is 0. The fourth-order valence-electron chi connectivity index (χ4n) is 3.11. The van der Waals surface area contributed by atoms with Crippen LogP contribution in [-0.2, 0) is 11.8 Å². The first kappa shape index (κ1) is 20.5. The highest BCUT2D eigenvalue weighted by Gasteiger charge is 2.21. The molecule has 0 atom stereocenters. The topological polar surface area (TPSA) is 96.9 Å². The lowest BCUT2D eigenvalue weighted by Gasteiger charge is -2.17. The predicted molar refractivity (Wildman–Crippen MR) is 116 cm³/mol. The van der Waals surface area contributed by atoms with Crippen molar-refractivity contribution in [2.45, 2.75) is 32.6 Å². The summed E-state index contributed by atoms with van der Waals surface area (Å²) >= 11 is 0. The molecule has 4 aromatic rings. The minimum atomic E-state index is -0.0379. The van der Waals surface area contributed by atoms with Gasteiger partial charge in [0.25, 0.3) is 0 Å². The van der Waals surface area contributed by atoms with Crippen LogP contribution in [0.5, 0.6) is 11.6 Å². The van der Waals surface area contributed by atoms with Crippen LogP contribution >= 0.6 is 0 Å². The lowest BCUT2D eigenvalue weighted by atomic mass is 9.88. The van der Waals surface area contributed by atoms with Crippen molar-refractivity contribution in [3.8, 4) is 11.6 Å². The summed E-state index contributed by atoms with van der Waals surface area (Å²) < 4.78 is 6.88. The third-order valence-electron chi connectivity index (χ3n) is 4.89. The zero-order valence-corrected chi connectivity index (χ0v) is 17.8. The second-order valence-electron chi connectivity index (χ2n) is 8.22. The van der Waals surface area contributed by atoms with Gasteiger partial charge in [-0.2, -0.15) is 0 Å². The molecule has 8 heteroatoms. The van der Waals surface area contributed by atoms with Gasteiger partial charge in [0.05, 0.1) is 6.07 Å². The molecule has 0 fully saturated rings. The summed E-state index contributed by atoms with van der Waals surface area (Å²) in [6.45, 7) is 7.04. The van der Waals surface area contributed by atoms with Crippen LogP contribution in [0.1, 0.15) is 31.9 Å². The van der Waals surface area contributed by atoms with Crippen molar-refractivity contribution in [3.63, 3.8) is 0 Å².